The summed E-state index contributed by atoms with van der Waals surface area (Å²) in [4.78, 5) is 0. The number of benzene rings is 1. The quantitative estimate of drug-likeness (QED) is 0.392. The number of hydrogen-bond acceptors (Lipinski definition) is 1. The summed E-state index contributed by atoms with van der Waals surface area (Å²) >= 11 is 0. The molecule has 0 aliphatic carbocycles. The normalized spacial score (nSPS) is 10.6. The first kappa shape index (κ1) is 10.9. The molecule has 0 saturated heterocycles. The Labute approximate surface area is 87.3 Å². The molecule has 0 unspecified atom stereocenters. The molecule has 1 nitrogen and oxygen atoms in total. The van der Waals surface area contributed by atoms with E-state index in [1.165, 1.54) is 5.56 Å². The molecular formula is C12H17NSi. The van der Waals surface area contributed by atoms with Crippen LogP contribution in [0.25, 0.3) is 0 Å². The lowest BCUT2D eigenvalue weighted by molar-refractivity contribution is 1.46. The van der Waals surface area contributed by atoms with Crippen LogP contribution in [-0.2, 0) is 0 Å². The van der Waals surface area contributed by atoms with Gasteiger partial charge in [-0.1, -0.05) is 31.6 Å². The van der Waals surface area contributed by atoms with Crippen LogP contribution in [0.15, 0.2) is 18.2 Å². The highest BCUT2D eigenvalue weighted by atomic mass is 28.3. The number of anilines is 1. The maximum Gasteiger partial charge on any atom is 0.129 e. The van der Waals surface area contributed by atoms with E-state index in [1.807, 2.05) is 25.1 Å². The highest BCUT2D eigenvalue weighted by molar-refractivity contribution is 6.83. The van der Waals surface area contributed by atoms with Crippen molar-refractivity contribution in [3.63, 3.8) is 0 Å². The lowest BCUT2D eigenvalue weighted by Gasteiger charge is -2.04. The lowest BCUT2D eigenvalue weighted by Crippen LogP contribution is -2.16. The molecule has 1 aromatic rings. The number of nitrogens with two attached hydrogens (primary N) is 1. The number of aryl methyl sites for hydroxylation is 1. The Morgan fingerprint density at radius 2 is 1.86 bits per heavy atom. The molecule has 0 radical (unpaired) electrons. The minimum Gasteiger partial charge on any atom is -0.398 e. The zero-order valence-electron chi connectivity index (χ0n) is 9.31. The van der Waals surface area contributed by atoms with Crippen LogP contribution < -0.4 is 5.73 Å². The molecule has 0 heterocycles. The summed E-state index contributed by atoms with van der Waals surface area (Å²) in [6.45, 7) is 8.71. The van der Waals surface area contributed by atoms with Crippen LogP contribution in [0, 0.1) is 18.4 Å². The Morgan fingerprint density at radius 1 is 1.21 bits per heavy atom. The van der Waals surface area contributed by atoms with E-state index in [0.717, 1.165) is 11.3 Å². The van der Waals surface area contributed by atoms with E-state index in [0.29, 0.717) is 0 Å². The monoisotopic (exact) mass is 203 g/mol. The zero-order valence-corrected chi connectivity index (χ0v) is 10.3. The molecule has 0 spiro atoms. The predicted octanol–water partition coefficient (Wildman–Crippen LogP) is 2.81. The Kier molecular flexibility index (Phi) is 3.02. The lowest BCUT2D eigenvalue weighted by atomic mass is 10.1. The van der Waals surface area contributed by atoms with Gasteiger partial charge in [-0.25, -0.2) is 0 Å². The smallest absolute Gasteiger partial charge is 0.129 e. The Morgan fingerprint density at radius 3 is 2.36 bits per heavy atom. The third-order valence-electron chi connectivity index (χ3n) is 1.78. The average Bonchev–Trinajstić information content (AvgIpc) is 2.00. The standard InChI is InChI=1S/C12H17NSi/c1-10-5-6-11(12(13)9-10)7-8-14(2,3)4/h5-6,9H,13H2,1-4H3. The van der Waals surface area contributed by atoms with Gasteiger partial charge in [-0.3, -0.25) is 0 Å². The zero-order chi connectivity index (χ0) is 10.8. The molecule has 2 N–H and O–H groups in total. The first-order valence-corrected chi connectivity index (χ1v) is 8.28. The van der Waals surface area contributed by atoms with Crippen LogP contribution in [-0.4, -0.2) is 8.07 Å². The molecule has 0 aliphatic rings. The van der Waals surface area contributed by atoms with Crippen LogP contribution in [0.3, 0.4) is 0 Å². The molecule has 0 bridgehead atoms. The second kappa shape index (κ2) is 3.89. The summed E-state index contributed by atoms with van der Waals surface area (Å²) < 4.78 is 0. The number of hydrogen-bond donors (Lipinski definition) is 1. The van der Waals surface area contributed by atoms with Gasteiger partial charge in [0.2, 0.25) is 0 Å². The molecule has 0 fully saturated rings. The first-order valence-electron chi connectivity index (χ1n) is 4.78. The highest BCUT2D eigenvalue weighted by Gasteiger charge is 2.07. The maximum atomic E-state index is 5.86. The highest BCUT2D eigenvalue weighted by Crippen LogP contribution is 2.12. The Hall–Kier alpha value is -1.20. The van der Waals surface area contributed by atoms with Gasteiger partial charge in [0.1, 0.15) is 8.07 Å². The van der Waals surface area contributed by atoms with E-state index < -0.39 is 8.07 Å². The summed E-state index contributed by atoms with van der Waals surface area (Å²) in [6, 6.07) is 6.01. The predicted molar refractivity (Wildman–Crippen MR) is 65.8 cm³/mol. The van der Waals surface area contributed by atoms with Crippen molar-refractivity contribution in [2.45, 2.75) is 26.6 Å². The van der Waals surface area contributed by atoms with Crippen LogP contribution >= 0.6 is 0 Å². The van der Waals surface area contributed by atoms with Crippen LogP contribution in [0.4, 0.5) is 5.69 Å². The molecular weight excluding hydrogens is 186 g/mol. The van der Waals surface area contributed by atoms with Crippen molar-refractivity contribution in [3.8, 4) is 11.5 Å². The molecule has 0 aliphatic heterocycles. The van der Waals surface area contributed by atoms with Crippen LogP contribution in [0.2, 0.25) is 19.6 Å². The summed E-state index contributed by atoms with van der Waals surface area (Å²) in [7, 11) is -1.29. The van der Waals surface area contributed by atoms with Crippen molar-refractivity contribution in [3.05, 3.63) is 29.3 Å². The molecule has 0 aromatic heterocycles. The van der Waals surface area contributed by atoms with Crippen LogP contribution in [0.5, 0.6) is 0 Å². The first-order chi connectivity index (χ1) is 6.38. The van der Waals surface area contributed by atoms with Crippen molar-refractivity contribution < 1.29 is 0 Å². The van der Waals surface area contributed by atoms with Gasteiger partial charge >= 0.3 is 0 Å². The fraction of sp³-hybridized carbons (Fsp3) is 0.333. The van der Waals surface area contributed by atoms with Gasteiger partial charge in [0.05, 0.1) is 0 Å². The van der Waals surface area contributed by atoms with Gasteiger partial charge < -0.3 is 5.73 Å². The van der Waals surface area contributed by atoms with Gasteiger partial charge in [-0.2, -0.15) is 0 Å². The molecule has 0 saturated carbocycles. The summed E-state index contributed by atoms with van der Waals surface area (Å²) in [6.07, 6.45) is 0. The topological polar surface area (TPSA) is 26.0 Å². The van der Waals surface area contributed by atoms with Gasteiger partial charge in [0.25, 0.3) is 0 Å². The molecule has 74 valence electrons. The largest absolute Gasteiger partial charge is 0.398 e. The summed E-state index contributed by atoms with van der Waals surface area (Å²) in [5, 5.41) is 0. The van der Waals surface area contributed by atoms with Crippen LogP contribution in [0.1, 0.15) is 11.1 Å². The second-order valence-corrected chi connectivity index (χ2v) is 9.34. The average molecular weight is 203 g/mol. The third-order valence-corrected chi connectivity index (χ3v) is 2.65. The van der Waals surface area contributed by atoms with Crippen molar-refractivity contribution in [1.29, 1.82) is 0 Å². The van der Waals surface area contributed by atoms with Crippen molar-refractivity contribution >= 4 is 13.8 Å². The molecule has 0 atom stereocenters. The molecule has 0 amide bonds. The number of nitrogen functional groups attached to an aromatic ring is 1. The minimum atomic E-state index is -1.29. The van der Waals surface area contributed by atoms with E-state index in [2.05, 4.69) is 31.1 Å². The van der Waals surface area contributed by atoms with Gasteiger partial charge in [0, 0.05) is 11.3 Å². The van der Waals surface area contributed by atoms with E-state index in [1.54, 1.807) is 0 Å². The Balaban J connectivity index is 3.02. The van der Waals surface area contributed by atoms with Crippen molar-refractivity contribution in [1.82, 2.24) is 0 Å². The second-order valence-electron chi connectivity index (χ2n) is 4.59. The maximum absolute atomic E-state index is 5.86. The van der Waals surface area contributed by atoms with Gasteiger partial charge in [-0.15, -0.1) is 5.54 Å². The fourth-order valence-corrected chi connectivity index (χ4v) is 1.56. The number of rotatable bonds is 0. The van der Waals surface area contributed by atoms with E-state index in [4.69, 9.17) is 5.73 Å². The van der Waals surface area contributed by atoms with Crippen molar-refractivity contribution in [2.24, 2.45) is 0 Å². The Bertz CT molecular complexity index is 391. The summed E-state index contributed by atoms with van der Waals surface area (Å²) in [5.41, 5.74) is 12.1. The molecule has 1 rings (SSSR count). The minimum absolute atomic E-state index is 0.788. The molecule has 14 heavy (non-hydrogen) atoms. The summed E-state index contributed by atoms with van der Waals surface area (Å²) in [5.74, 6) is 3.17. The molecule has 2 heteroatoms. The molecule has 1 aromatic carbocycles. The van der Waals surface area contributed by atoms with E-state index >= 15 is 0 Å². The van der Waals surface area contributed by atoms with E-state index in [9.17, 15) is 0 Å². The third kappa shape index (κ3) is 3.27. The fourth-order valence-electron chi connectivity index (χ4n) is 1.05. The van der Waals surface area contributed by atoms with Gasteiger partial charge in [-0.05, 0) is 24.6 Å². The SMILES string of the molecule is Cc1ccc(C#C[Si](C)(C)C)c(N)c1. The van der Waals surface area contributed by atoms with E-state index in [-0.39, 0.29) is 0 Å². The van der Waals surface area contributed by atoms with Crippen molar-refractivity contribution in [2.75, 3.05) is 5.73 Å². The van der Waals surface area contributed by atoms with Gasteiger partial charge in [0.15, 0.2) is 0 Å².